The number of ether oxygens (including phenoxy) is 1. The molecule has 0 aliphatic heterocycles. The first-order valence-electron chi connectivity index (χ1n) is 9.20. The molecule has 1 aliphatic carbocycles. The number of hydrogen-bond acceptors (Lipinski definition) is 4. The van der Waals surface area contributed by atoms with Crippen LogP contribution in [-0.4, -0.2) is 21.1 Å². The molecule has 0 N–H and O–H groups in total. The zero-order valence-corrected chi connectivity index (χ0v) is 16.2. The van der Waals surface area contributed by atoms with Crippen molar-refractivity contribution >= 4 is 10.1 Å². The summed E-state index contributed by atoms with van der Waals surface area (Å²) in [6.45, 7) is 4.57. The molecule has 0 bridgehead atoms. The standard InChI is InChI=1S/C21H26O4S/c1-3-24-19-10-6-17(7-11-19)18-8-12-20(13-9-18)25-26(22,23)21-14-4-16(2)5-15-21/h4-7,10-11,14-15,18,20H,3,8-9,12-13H2,1-2H3/t18-,20-. The van der Waals surface area contributed by atoms with E-state index in [0.29, 0.717) is 12.5 Å². The maximum Gasteiger partial charge on any atom is 0.297 e. The topological polar surface area (TPSA) is 52.6 Å². The Kier molecular flexibility index (Phi) is 5.99. The van der Waals surface area contributed by atoms with Crippen LogP contribution in [0.4, 0.5) is 0 Å². The van der Waals surface area contributed by atoms with Crippen LogP contribution in [0.15, 0.2) is 53.4 Å². The Bertz CT molecular complexity index is 802. The molecule has 0 radical (unpaired) electrons. The van der Waals surface area contributed by atoms with Gasteiger partial charge in [-0.3, -0.25) is 4.18 Å². The van der Waals surface area contributed by atoms with Crippen LogP contribution in [-0.2, 0) is 14.3 Å². The summed E-state index contributed by atoms with van der Waals surface area (Å²) < 4.78 is 35.8. The van der Waals surface area contributed by atoms with Crippen molar-refractivity contribution in [3.63, 3.8) is 0 Å². The number of aryl methyl sites for hydroxylation is 1. The molecule has 0 spiro atoms. The van der Waals surface area contributed by atoms with Crippen LogP contribution in [0.2, 0.25) is 0 Å². The van der Waals surface area contributed by atoms with Gasteiger partial charge in [0.1, 0.15) is 5.75 Å². The SMILES string of the molecule is CCOc1ccc([C@H]2CC[C@H](OS(=O)(=O)c3ccc(C)cc3)CC2)cc1. The molecular formula is C21H26O4S. The monoisotopic (exact) mass is 374 g/mol. The molecule has 0 atom stereocenters. The van der Waals surface area contributed by atoms with E-state index in [4.69, 9.17) is 8.92 Å². The minimum Gasteiger partial charge on any atom is -0.494 e. The summed E-state index contributed by atoms with van der Waals surface area (Å²) >= 11 is 0. The molecule has 0 saturated heterocycles. The fourth-order valence-corrected chi connectivity index (χ4v) is 4.57. The van der Waals surface area contributed by atoms with Gasteiger partial charge in [0.2, 0.25) is 0 Å². The zero-order chi connectivity index (χ0) is 18.6. The van der Waals surface area contributed by atoms with E-state index >= 15 is 0 Å². The third-order valence-electron chi connectivity index (χ3n) is 4.91. The van der Waals surface area contributed by atoms with Crippen molar-refractivity contribution in [3.8, 4) is 5.75 Å². The van der Waals surface area contributed by atoms with Crippen molar-refractivity contribution in [3.05, 3.63) is 59.7 Å². The van der Waals surface area contributed by atoms with E-state index in [0.717, 1.165) is 37.0 Å². The number of hydrogen-bond donors (Lipinski definition) is 0. The van der Waals surface area contributed by atoms with E-state index in [2.05, 4.69) is 12.1 Å². The Hall–Kier alpha value is -1.85. The Morgan fingerprint density at radius 3 is 2.12 bits per heavy atom. The Morgan fingerprint density at radius 1 is 0.923 bits per heavy atom. The first kappa shape index (κ1) is 18.9. The highest BCUT2D eigenvalue weighted by Crippen LogP contribution is 2.35. The van der Waals surface area contributed by atoms with Crippen molar-refractivity contribution < 1.29 is 17.3 Å². The molecule has 2 aromatic rings. The molecule has 140 valence electrons. The molecule has 26 heavy (non-hydrogen) atoms. The molecule has 1 fully saturated rings. The van der Waals surface area contributed by atoms with Crippen molar-refractivity contribution in [1.82, 2.24) is 0 Å². The number of benzene rings is 2. The smallest absolute Gasteiger partial charge is 0.297 e. The fraction of sp³-hybridized carbons (Fsp3) is 0.429. The lowest BCUT2D eigenvalue weighted by Gasteiger charge is -2.28. The van der Waals surface area contributed by atoms with Gasteiger partial charge in [-0.15, -0.1) is 0 Å². The average molecular weight is 375 g/mol. The first-order valence-corrected chi connectivity index (χ1v) is 10.6. The molecule has 0 aromatic heterocycles. The van der Waals surface area contributed by atoms with Crippen LogP contribution < -0.4 is 4.74 Å². The second kappa shape index (κ2) is 8.23. The van der Waals surface area contributed by atoms with Crippen LogP contribution in [0.3, 0.4) is 0 Å². The van der Waals surface area contributed by atoms with E-state index in [1.54, 1.807) is 24.3 Å². The second-order valence-corrected chi connectivity index (χ2v) is 8.41. The summed E-state index contributed by atoms with van der Waals surface area (Å²) in [6.07, 6.45) is 3.14. The van der Waals surface area contributed by atoms with Gasteiger partial charge in [0.25, 0.3) is 10.1 Å². The van der Waals surface area contributed by atoms with Crippen molar-refractivity contribution in [2.45, 2.75) is 56.4 Å². The molecule has 1 saturated carbocycles. The van der Waals surface area contributed by atoms with E-state index < -0.39 is 10.1 Å². The van der Waals surface area contributed by atoms with Gasteiger partial charge in [-0.25, -0.2) is 0 Å². The lowest BCUT2D eigenvalue weighted by molar-refractivity contribution is 0.153. The second-order valence-electron chi connectivity index (χ2n) is 6.84. The van der Waals surface area contributed by atoms with Gasteiger partial charge in [0.15, 0.2) is 0 Å². The van der Waals surface area contributed by atoms with E-state index in [1.165, 1.54) is 5.56 Å². The largest absolute Gasteiger partial charge is 0.494 e. The van der Waals surface area contributed by atoms with Crippen LogP contribution in [0.25, 0.3) is 0 Å². The Labute approximate surface area is 156 Å². The molecule has 0 heterocycles. The highest BCUT2D eigenvalue weighted by atomic mass is 32.2. The minimum absolute atomic E-state index is 0.233. The zero-order valence-electron chi connectivity index (χ0n) is 15.4. The summed E-state index contributed by atoms with van der Waals surface area (Å²) in [5, 5.41) is 0. The highest BCUT2D eigenvalue weighted by Gasteiger charge is 2.27. The summed E-state index contributed by atoms with van der Waals surface area (Å²) in [6, 6.07) is 15.0. The molecule has 3 rings (SSSR count). The Balaban J connectivity index is 1.57. The van der Waals surface area contributed by atoms with Gasteiger partial charge in [0, 0.05) is 0 Å². The molecule has 5 heteroatoms. The lowest BCUT2D eigenvalue weighted by atomic mass is 9.83. The van der Waals surface area contributed by atoms with Crippen LogP contribution in [0.1, 0.15) is 49.7 Å². The van der Waals surface area contributed by atoms with E-state index in [1.807, 2.05) is 26.0 Å². The van der Waals surface area contributed by atoms with Crippen molar-refractivity contribution in [2.24, 2.45) is 0 Å². The molecular weight excluding hydrogens is 348 g/mol. The molecule has 0 amide bonds. The molecule has 2 aromatic carbocycles. The van der Waals surface area contributed by atoms with Crippen LogP contribution in [0, 0.1) is 6.92 Å². The van der Waals surface area contributed by atoms with E-state index in [9.17, 15) is 8.42 Å². The third kappa shape index (κ3) is 4.65. The Morgan fingerprint density at radius 2 is 1.54 bits per heavy atom. The molecule has 0 unspecified atom stereocenters. The van der Waals surface area contributed by atoms with Gasteiger partial charge in [-0.1, -0.05) is 29.8 Å². The van der Waals surface area contributed by atoms with Gasteiger partial charge >= 0.3 is 0 Å². The van der Waals surface area contributed by atoms with Crippen molar-refractivity contribution in [1.29, 1.82) is 0 Å². The third-order valence-corrected chi connectivity index (χ3v) is 6.28. The summed E-state index contributed by atoms with van der Waals surface area (Å²) in [4.78, 5) is 0.233. The summed E-state index contributed by atoms with van der Waals surface area (Å²) in [5.74, 6) is 1.34. The lowest BCUT2D eigenvalue weighted by Crippen LogP contribution is -2.24. The normalized spacial score (nSPS) is 20.7. The van der Waals surface area contributed by atoms with Gasteiger partial charge in [-0.2, -0.15) is 8.42 Å². The first-order chi connectivity index (χ1) is 12.5. The van der Waals surface area contributed by atoms with Crippen LogP contribution in [0.5, 0.6) is 5.75 Å². The van der Waals surface area contributed by atoms with Gasteiger partial charge in [-0.05, 0) is 75.3 Å². The maximum absolute atomic E-state index is 12.4. The average Bonchev–Trinajstić information content (AvgIpc) is 2.63. The van der Waals surface area contributed by atoms with E-state index in [-0.39, 0.29) is 11.0 Å². The van der Waals surface area contributed by atoms with Gasteiger partial charge < -0.3 is 4.74 Å². The summed E-state index contributed by atoms with van der Waals surface area (Å²) in [5.41, 5.74) is 2.31. The predicted molar refractivity (Wildman–Crippen MR) is 102 cm³/mol. The van der Waals surface area contributed by atoms with Gasteiger partial charge in [0.05, 0.1) is 17.6 Å². The fourth-order valence-electron chi connectivity index (χ4n) is 3.43. The summed E-state index contributed by atoms with van der Waals surface area (Å²) in [7, 11) is -3.69. The predicted octanol–water partition coefficient (Wildman–Crippen LogP) is 4.83. The highest BCUT2D eigenvalue weighted by molar-refractivity contribution is 7.86. The van der Waals surface area contributed by atoms with Crippen molar-refractivity contribution in [2.75, 3.05) is 6.61 Å². The number of rotatable bonds is 6. The quantitative estimate of drug-likeness (QED) is 0.680. The molecule has 1 aliphatic rings. The van der Waals surface area contributed by atoms with Crippen LogP contribution >= 0.6 is 0 Å². The minimum atomic E-state index is -3.69. The maximum atomic E-state index is 12.4. The molecule has 4 nitrogen and oxygen atoms in total.